The van der Waals surface area contributed by atoms with Crippen LogP contribution in [-0.2, 0) is 11.0 Å². The number of rotatable bonds is 6. The number of nitrogens with one attached hydrogen (secondary N) is 1. The van der Waals surface area contributed by atoms with Crippen molar-refractivity contribution in [2.45, 2.75) is 13.3 Å². The summed E-state index contributed by atoms with van der Waals surface area (Å²) in [5, 5.41) is 0. The molecule has 22 heavy (non-hydrogen) atoms. The molecular weight excluding hydrogens is 305 g/mol. The van der Waals surface area contributed by atoms with Crippen LogP contribution in [0.5, 0.6) is 5.75 Å². The van der Waals surface area contributed by atoms with Gasteiger partial charge in [0, 0.05) is 23.7 Å². The second kappa shape index (κ2) is 7.22. The van der Waals surface area contributed by atoms with E-state index in [9.17, 15) is 8.60 Å². The van der Waals surface area contributed by atoms with Gasteiger partial charge < -0.3 is 15.2 Å². The third kappa shape index (κ3) is 3.73. The van der Waals surface area contributed by atoms with Crippen LogP contribution in [0.1, 0.15) is 13.3 Å². The minimum Gasteiger partial charge on any atom is -0.492 e. The van der Waals surface area contributed by atoms with Crippen LogP contribution in [0.15, 0.2) is 30.6 Å². The van der Waals surface area contributed by atoms with Crippen molar-refractivity contribution in [3.05, 3.63) is 36.4 Å². The fraction of sp³-hybridized carbons (Fsp3) is 0.267. The van der Waals surface area contributed by atoms with E-state index >= 15 is 0 Å². The van der Waals surface area contributed by atoms with E-state index in [2.05, 4.69) is 9.71 Å². The highest BCUT2D eigenvalue weighted by Crippen LogP contribution is 2.34. The third-order valence-corrected chi connectivity index (χ3v) is 4.18. The molecule has 2 aromatic rings. The predicted octanol–water partition coefficient (Wildman–Crippen LogP) is 2.96. The number of nitrogen functional groups attached to an aromatic ring is 1. The maximum atomic E-state index is 14.2. The molecule has 0 bridgehead atoms. The van der Waals surface area contributed by atoms with Crippen molar-refractivity contribution in [2.75, 3.05) is 23.3 Å². The number of anilines is 2. The van der Waals surface area contributed by atoms with Crippen molar-refractivity contribution in [1.29, 1.82) is 0 Å². The molecule has 1 unspecified atom stereocenters. The van der Waals surface area contributed by atoms with Crippen LogP contribution in [0.4, 0.5) is 15.8 Å². The molecule has 1 aromatic heterocycles. The number of aromatic nitrogens is 1. The molecule has 1 heterocycles. The molecule has 2 rings (SSSR count). The first-order valence-electron chi connectivity index (χ1n) is 6.78. The Balaban J connectivity index is 2.45. The summed E-state index contributed by atoms with van der Waals surface area (Å²) in [6.07, 6.45) is 3.85. The quantitative estimate of drug-likeness (QED) is 0.857. The van der Waals surface area contributed by atoms with Gasteiger partial charge in [-0.25, -0.2) is 8.60 Å². The van der Waals surface area contributed by atoms with Crippen molar-refractivity contribution in [1.82, 2.24) is 4.98 Å². The van der Waals surface area contributed by atoms with Gasteiger partial charge in [-0.1, -0.05) is 6.92 Å². The van der Waals surface area contributed by atoms with Gasteiger partial charge in [0.15, 0.2) is 11.6 Å². The van der Waals surface area contributed by atoms with E-state index in [1.807, 2.05) is 6.92 Å². The van der Waals surface area contributed by atoms with E-state index in [1.54, 1.807) is 18.3 Å². The lowest BCUT2D eigenvalue weighted by Crippen LogP contribution is -2.09. The maximum absolute atomic E-state index is 14.2. The number of ether oxygens (including phenoxy) is 1. The van der Waals surface area contributed by atoms with Gasteiger partial charge in [-0.05, 0) is 30.2 Å². The minimum atomic E-state index is -1.30. The number of nitrogens with zero attached hydrogens (tertiary/aromatic N) is 1. The first-order valence-corrected chi connectivity index (χ1v) is 8.10. The number of benzene rings is 1. The molecule has 1 atom stereocenters. The fourth-order valence-corrected chi connectivity index (χ4v) is 2.89. The highest BCUT2D eigenvalue weighted by atomic mass is 32.2. The molecule has 0 amide bonds. The molecule has 118 valence electrons. The van der Waals surface area contributed by atoms with Crippen molar-refractivity contribution in [3.63, 3.8) is 0 Å². The lowest BCUT2D eigenvalue weighted by atomic mass is 10.1. The van der Waals surface area contributed by atoms with Gasteiger partial charge in [0.2, 0.25) is 0 Å². The third-order valence-electron chi connectivity index (χ3n) is 2.95. The Morgan fingerprint density at radius 1 is 1.32 bits per heavy atom. The molecule has 0 fully saturated rings. The van der Waals surface area contributed by atoms with Gasteiger partial charge in [-0.3, -0.25) is 4.98 Å². The van der Waals surface area contributed by atoms with Crippen LogP contribution in [-0.4, -0.2) is 22.1 Å². The summed E-state index contributed by atoms with van der Waals surface area (Å²) in [4.78, 5) is 3.99. The van der Waals surface area contributed by atoms with Gasteiger partial charge in [0.05, 0.1) is 18.5 Å². The first-order chi connectivity index (χ1) is 10.5. The van der Waals surface area contributed by atoms with Crippen LogP contribution in [0, 0.1) is 5.82 Å². The Kier molecular flexibility index (Phi) is 5.32. The van der Waals surface area contributed by atoms with Crippen molar-refractivity contribution < 1.29 is 13.3 Å². The zero-order valence-corrected chi connectivity index (χ0v) is 13.2. The number of pyridine rings is 1. The molecule has 0 aliphatic carbocycles. The zero-order valence-electron chi connectivity index (χ0n) is 12.4. The van der Waals surface area contributed by atoms with Crippen molar-refractivity contribution >= 4 is 22.4 Å². The SMILES string of the molecule is CCCS(=O)Nc1cc(-c2cncc(N)c2)cc(F)c1OC. The number of methoxy groups -OCH3 is 1. The summed E-state index contributed by atoms with van der Waals surface area (Å²) in [6, 6.07) is 4.70. The summed E-state index contributed by atoms with van der Waals surface area (Å²) in [6.45, 7) is 1.92. The average molecular weight is 323 g/mol. The largest absolute Gasteiger partial charge is 0.492 e. The zero-order chi connectivity index (χ0) is 16.1. The summed E-state index contributed by atoms with van der Waals surface area (Å²) in [5.41, 5.74) is 7.78. The number of hydrogen-bond donors (Lipinski definition) is 2. The first kappa shape index (κ1) is 16.2. The van der Waals surface area contributed by atoms with E-state index < -0.39 is 16.8 Å². The Morgan fingerprint density at radius 2 is 2.09 bits per heavy atom. The van der Waals surface area contributed by atoms with E-state index in [1.165, 1.54) is 19.4 Å². The normalized spacial score (nSPS) is 12.0. The number of nitrogens with two attached hydrogens (primary N) is 1. The van der Waals surface area contributed by atoms with E-state index in [4.69, 9.17) is 10.5 Å². The van der Waals surface area contributed by atoms with Crippen LogP contribution in [0.25, 0.3) is 11.1 Å². The Hall–Kier alpha value is -2.15. The van der Waals surface area contributed by atoms with Crippen LogP contribution < -0.4 is 15.2 Å². The molecule has 1 aromatic carbocycles. The molecule has 0 aliphatic heterocycles. The van der Waals surface area contributed by atoms with E-state index in [0.29, 0.717) is 28.3 Å². The summed E-state index contributed by atoms with van der Waals surface area (Å²) in [7, 11) is 0.0719. The molecule has 7 heteroatoms. The highest BCUT2D eigenvalue weighted by molar-refractivity contribution is 7.86. The fourth-order valence-electron chi connectivity index (χ4n) is 2.02. The molecule has 3 N–H and O–H groups in total. The topological polar surface area (TPSA) is 77.2 Å². The summed E-state index contributed by atoms with van der Waals surface area (Å²) >= 11 is 0. The Bertz CT molecular complexity index is 694. The average Bonchev–Trinajstić information content (AvgIpc) is 2.47. The summed E-state index contributed by atoms with van der Waals surface area (Å²) < 4.78 is 33.9. The van der Waals surface area contributed by atoms with Gasteiger partial charge in [-0.2, -0.15) is 0 Å². The van der Waals surface area contributed by atoms with E-state index in [-0.39, 0.29) is 5.75 Å². The monoisotopic (exact) mass is 323 g/mol. The lowest BCUT2D eigenvalue weighted by Gasteiger charge is -2.13. The standard InChI is InChI=1S/C15H18FN3O2S/c1-3-4-22(20)19-14-7-10(6-13(16)15(14)21-2)11-5-12(17)9-18-8-11/h5-9,19H,3-4,17H2,1-2H3. The molecule has 0 aliphatic rings. The predicted molar refractivity (Wildman–Crippen MR) is 87.5 cm³/mol. The Morgan fingerprint density at radius 3 is 2.73 bits per heavy atom. The van der Waals surface area contributed by atoms with Crippen molar-refractivity contribution in [3.8, 4) is 16.9 Å². The molecule has 0 saturated heterocycles. The maximum Gasteiger partial charge on any atom is 0.178 e. The van der Waals surface area contributed by atoms with Crippen molar-refractivity contribution in [2.24, 2.45) is 0 Å². The molecule has 0 spiro atoms. The van der Waals surface area contributed by atoms with Crippen LogP contribution >= 0.6 is 0 Å². The summed E-state index contributed by atoms with van der Waals surface area (Å²) in [5.74, 6) is -0.0436. The number of halogens is 1. The highest BCUT2D eigenvalue weighted by Gasteiger charge is 2.14. The minimum absolute atomic E-state index is 0.0325. The molecular formula is C15H18FN3O2S. The lowest BCUT2D eigenvalue weighted by molar-refractivity contribution is 0.389. The van der Waals surface area contributed by atoms with E-state index in [0.717, 1.165) is 6.42 Å². The van der Waals surface area contributed by atoms with Gasteiger partial charge in [0.1, 0.15) is 11.0 Å². The number of hydrogen-bond acceptors (Lipinski definition) is 4. The van der Waals surface area contributed by atoms with Crippen LogP contribution in [0.2, 0.25) is 0 Å². The molecule has 0 radical (unpaired) electrons. The van der Waals surface area contributed by atoms with Crippen LogP contribution in [0.3, 0.4) is 0 Å². The second-order valence-corrected chi connectivity index (χ2v) is 6.00. The smallest absolute Gasteiger partial charge is 0.178 e. The van der Waals surface area contributed by atoms with Gasteiger partial charge >= 0.3 is 0 Å². The Labute approximate surface area is 131 Å². The van der Waals surface area contributed by atoms with Gasteiger partial charge in [-0.15, -0.1) is 0 Å². The molecule has 5 nitrogen and oxygen atoms in total. The molecule has 0 saturated carbocycles. The second-order valence-electron chi connectivity index (χ2n) is 4.70. The van der Waals surface area contributed by atoms with Gasteiger partial charge in [0.25, 0.3) is 0 Å².